The van der Waals surface area contributed by atoms with Gasteiger partial charge in [0, 0.05) is 42.4 Å². The molecule has 0 unspecified atom stereocenters. The van der Waals surface area contributed by atoms with E-state index in [1.165, 1.54) is 0 Å². The zero-order valence-electron chi connectivity index (χ0n) is 21.4. The van der Waals surface area contributed by atoms with Crippen LogP contribution in [0.5, 0.6) is 0 Å². The van der Waals surface area contributed by atoms with Gasteiger partial charge in [-0.1, -0.05) is 37.3 Å². The maximum absolute atomic E-state index is 13.0. The lowest BCUT2D eigenvalue weighted by Crippen LogP contribution is -2.33. The van der Waals surface area contributed by atoms with Gasteiger partial charge >= 0.3 is 5.97 Å². The number of hydrogen-bond donors (Lipinski definition) is 3. The number of nitrogens with zero attached hydrogens (tertiary/aromatic N) is 3. The largest absolute Gasteiger partial charge is 0.478 e. The highest BCUT2D eigenvalue weighted by Crippen LogP contribution is 2.39. The van der Waals surface area contributed by atoms with Gasteiger partial charge in [-0.3, -0.25) is 9.78 Å². The molecule has 0 bridgehead atoms. The van der Waals surface area contributed by atoms with E-state index in [-0.39, 0.29) is 30.0 Å². The highest BCUT2D eigenvalue weighted by molar-refractivity contribution is 7.80. The normalized spacial score (nSPS) is 16.6. The molecule has 3 heterocycles. The Morgan fingerprint density at radius 2 is 1.87 bits per heavy atom. The van der Waals surface area contributed by atoms with Crippen LogP contribution < -0.4 is 10.6 Å². The summed E-state index contributed by atoms with van der Waals surface area (Å²) in [6.45, 7) is 2.45. The van der Waals surface area contributed by atoms with E-state index in [4.69, 9.17) is 12.2 Å². The van der Waals surface area contributed by atoms with E-state index < -0.39 is 5.97 Å². The molecular formula is C30H29N5O3S. The van der Waals surface area contributed by atoms with Crippen molar-refractivity contribution >= 4 is 34.9 Å². The number of thiocarbonyl (C=S) groups is 1. The van der Waals surface area contributed by atoms with Crippen molar-refractivity contribution in [3.05, 3.63) is 114 Å². The third-order valence-electron chi connectivity index (χ3n) is 6.90. The molecule has 0 radical (unpaired) electrons. The second kappa shape index (κ2) is 11.5. The van der Waals surface area contributed by atoms with Crippen LogP contribution in [0, 0.1) is 0 Å². The Morgan fingerprint density at radius 1 is 1.05 bits per heavy atom. The standard InChI is InChI=1S/C30H29N5O3S/c1-2-20-9-3-4-12-23(20)32-26(36)15-18-35-28(27(33-30(35)39)24-13-5-6-16-31-24)25-14-8-17-34(25)22-11-7-10-21(19-22)29(37)38/h3-14,16-17,19,27-28H,2,15,18H2,1H3,(H,32,36)(H,33,39)(H,37,38)/t27-,28-/m1/s1. The maximum Gasteiger partial charge on any atom is 0.335 e. The minimum atomic E-state index is -0.988. The number of carbonyl (C=O) groups is 2. The lowest BCUT2D eigenvalue weighted by atomic mass is 10.0. The Labute approximate surface area is 232 Å². The van der Waals surface area contributed by atoms with Crippen molar-refractivity contribution < 1.29 is 14.7 Å². The smallest absolute Gasteiger partial charge is 0.335 e. The van der Waals surface area contributed by atoms with Crippen LogP contribution >= 0.6 is 12.2 Å². The molecule has 1 fully saturated rings. The van der Waals surface area contributed by atoms with Gasteiger partial charge in [0.1, 0.15) is 0 Å². The van der Waals surface area contributed by atoms with Gasteiger partial charge in [0.05, 0.1) is 23.3 Å². The van der Waals surface area contributed by atoms with E-state index in [0.29, 0.717) is 11.7 Å². The second-order valence-corrected chi connectivity index (χ2v) is 9.67. The topological polar surface area (TPSA) is 99.5 Å². The minimum absolute atomic E-state index is 0.0942. The van der Waals surface area contributed by atoms with Crippen LogP contribution in [0.4, 0.5) is 5.69 Å². The number of aryl methyl sites for hydroxylation is 1. The van der Waals surface area contributed by atoms with Crippen molar-refractivity contribution in [3.8, 4) is 5.69 Å². The number of rotatable bonds is 9. The van der Waals surface area contributed by atoms with Crippen LogP contribution in [0.25, 0.3) is 5.69 Å². The summed E-state index contributed by atoms with van der Waals surface area (Å²) in [5, 5.41) is 16.5. The van der Waals surface area contributed by atoms with E-state index in [9.17, 15) is 14.7 Å². The molecule has 0 saturated carbocycles. The summed E-state index contributed by atoms with van der Waals surface area (Å²) in [4.78, 5) is 31.2. The van der Waals surface area contributed by atoms with Crippen molar-refractivity contribution in [2.24, 2.45) is 0 Å². The molecular weight excluding hydrogens is 510 g/mol. The van der Waals surface area contributed by atoms with Gasteiger partial charge in [0.25, 0.3) is 0 Å². The van der Waals surface area contributed by atoms with E-state index in [2.05, 4.69) is 22.5 Å². The minimum Gasteiger partial charge on any atom is -0.478 e. The van der Waals surface area contributed by atoms with Gasteiger partial charge in [-0.25, -0.2) is 4.79 Å². The molecule has 2 aromatic carbocycles. The Balaban J connectivity index is 1.46. The third-order valence-corrected chi connectivity index (χ3v) is 7.26. The molecule has 5 rings (SSSR count). The second-order valence-electron chi connectivity index (χ2n) is 9.29. The number of hydrogen-bond acceptors (Lipinski definition) is 4. The van der Waals surface area contributed by atoms with Crippen molar-refractivity contribution in [1.82, 2.24) is 19.8 Å². The van der Waals surface area contributed by atoms with Gasteiger partial charge in [0.2, 0.25) is 5.91 Å². The number of anilines is 1. The summed E-state index contributed by atoms with van der Waals surface area (Å²) >= 11 is 5.77. The summed E-state index contributed by atoms with van der Waals surface area (Å²) in [6, 6.07) is 23.7. The molecule has 39 heavy (non-hydrogen) atoms. The summed E-state index contributed by atoms with van der Waals surface area (Å²) in [7, 11) is 0. The number of pyridine rings is 1. The Hall–Kier alpha value is -4.50. The molecule has 2 atom stereocenters. The Bertz CT molecular complexity index is 1500. The quantitative estimate of drug-likeness (QED) is 0.254. The van der Waals surface area contributed by atoms with Crippen LogP contribution in [0.3, 0.4) is 0 Å². The van der Waals surface area contributed by atoms with Crippen molar-refractivity contribution in [1.29, 1.82) is 0 Å². The lowest BCUT2D eigenvalue weighted by Gasteiger charge is -2.29. The van der Waals surface area contributed by atoms with E-state index >= 15 is 0 Å². The van der Waals surface area contributed by atoms with Crippen molar-refractivity contribution in [2.45, 2.75) is 31.8 Å². The molecule has 1 aliphatic heterocycles. The molecule has 0 aliphatic carbocycles. The summed E-state index contributed by atoms with van der Waals surface area (Å²) in [5.74, 6) is -1.08. The first-order valence-corrected chi connectivity index (χ1v) is 13.2. The maximum atomic E-state index is 13.0. The molecule has 2 aromatic heterocycles. The third kappa shape index (κ3) is 5.53. The summed E-state index contributed by atoms with van der Waals surface area (Å²) in [5.41, 5.74) is 4.55. The average molecular weight is 540 g/mol. The van der Waals surface area contributed by atoms with Gasteiger partial charge in [-0.2, -0.15) is 0 Å². The number of para-hydroxylation sites is 1. The van der Waals surface area contributed by atoms with Gasteiger partial charge in [-0.15, -0.1) is 0 Å². The van der Waals surface area contributed by atoms with Crippen LogP contribution in [-0.2, 0) is 11.2 Å². The molecule has 1 saturated heterocycles. The Kier molecular flexibility index (Phi) is 7.69. The molecule has 3 N–H and O–H groups in total. The number of benzene rings is 2. The predicted molar refractivity (Wildman–Crippen MR) is 154 cm³/mol. The number of carbonyl (C=O) groups excluding carboxylic acids is 1. The van der Waals surface area contributed by atoms with Gasteiger partial charge in [-0.05, 0) is 72.7 Å². The van der Waals surface area contributed by atoms with E-state index in [1.54, 1.807) is 24.4 Å². The zero-order chi connectivity index (χ0) is 27.4. The first-order valence-electron chi connectivity index (χ1n) is 12.8. The zero-order valence-corrected chi connectivity index (χ0v) is 22.3. The number of aromatic carboxylic acids is 1. The molecule has 8 nitrogen and oxygen atoms in total. The fourth-order valence-corrected chi connectivity index (χ4v) is 5.34. The monoisotopic (exact) mass is 539 g/mol. The molecule has 0 spiro atoms. The van der Waals surface area contributed by atoms with Crippen LogP contribution in [0.1, 0.15) is 52.7 Å². The molecule has 9 heteroatoms. The highest BCUT2D eigenvalue weighted by atomic mass is 32.1. The van der Waals surface area contributed by atoms with Crippen LogP contribution in [0.15, 0.2) is 91.3 Å². The molecule has 1 aliphatic rings. The Morgan fingerprint density at radius 3 is 2.64 bits per heavy atom. The van der Waals surface area contributed by atoms with Gasteiger partial charge < -0.3 is 25.2 Å². The number of carboxylic acid groups (broad SMARTS) is 1. The number of amides is 1. The molecule has 1 amide bonds. The summed E-state index contributed by atoms with van der Waals surface area (Å²) in [6.07, 6.45) is 4.71. The van der Waals surface area contributed by atoms with E-state index in [1.807, 2.05) is 76.3 Å². The molecule has 198 valence electrons. The lowest BCUT2D eigenvalue weighted by molar-refractivity contribution is -0.116. The fraction of sp³-hybridized carbons (Fsp3) is 0.200. The predicted octanol–water partition coefficient (Wildman–Crippen LogP) is 5.13. The van der Waals surface area contributed by atoms with Crippen molar-refractivity contribution in [3.63, 3.8) is 0 Å². The number of aromatic nitrogens is 2. The van der Waals surface area contributed by atoms with Crippen molar-refractivity contribution in [2.75, 3.05) is 11.9 Å². The number of carboxylic acids is 1. The SMILES string of the molecule is CCc1ccccc1NC(=O)CCN1C(=S)N[C@H](c2ccccn2)[C@H]1c1cccn1-c1cccc(C(=O)O)c1. The summed E-state index contributed by atoms with van der Waals surface area (Å²) < 4.78 is 1.97. The average Bonchev–Trinajstić information content (AvgIpc) is 3.57. The first-order chi connectivity index (χ1) is 19.0. The highest BCUT2D eigenvalue weighted by Gasteiger charge is 2.41. The van der Waals surface area contributed by atoms with Crippen LogP contribution in [0.2, 0.25) is 0 Å². The number of nitrogens with one attached hydrogen (secondary N) is 2. The van der Waals surface area contributed by atoms with Crippen LogP contribution in [-0.4, -0.2) is 43.1 Å². The van der Waals surface area contributed by atoms with E-state index in [0.717, 1.165) is 34.7 Å². The molecule has 4 aromatic rings. The van der Waals surface area contributed by atoms with Gasteiger partial charge in [0.15, 0.2) is 5.11 Å². The first kappa shape index (κ1) is 26.1. The fourth-order valence-electron chi connectivity index (χ4n) is 5.01.